The summed E-state index contributed by atoms with van der Waals surface area (Å²) in [5, 5.41) is 8.50. The fourth-order valence-corrected chi connectivity index (χ4v) is 3.12. The Morgan fingerprint density at radius 3 is 2.44 bits per heavy atom. The van der Waals surface area contributed by atoms with Crippen LogP contribution < -0.4 is 15.4 Å². The molecule has 1 aromatic carbocycles. The molecule has 0 spiro atoms. The van der Waals surface area contributed by atoms with Crippen LogP contribution in [0.2, 0.25) is 0 Å². The van der Waals surface area contributed by atoms with Crippen LogP contribution in [0.1, 0.15) is 12.8 Å². The molecule has 1 fully saturated rings. The van der Waals surface area contributed by atoms with Gasteiger partial charge in [0.15, 0.2) is 0 Å². The van der Waals surface area contributed by atoms with E-state index in [1.165, 1.54) is 0 Å². The highest BCUT2D eigenvalue weighted by Gasteiger charge is 2.22. The smallest absolute Gasteiger partial charge is 0.240 e. The summed E-state index contributed by atoms with van der Waals surface area (Å²) in [6.45, 7) is 1.69. The number of piperidine rings is 1. The number of nitrogens with two attached hydrogens (primary N) is 1. The number of para-hydroxylation sites is 1. The minimum atomic E-state index is -3.66. The van der Waals surface area contributed by atoms with Crippen molar-refractivity contribution in [3.63, 3.8) is 0 Å². The molecule has 0 bridgehead atoms. The summed E-state index contributed by atoms with van der Waals surface area (Å²) in [6, 6.07) is 7.44. The van der Waals surface area contributed by atoms with Gasteiger partial charge in [-0.25, -0.2) is 13.6 Å². The molecule has 0 aliphatic carbocycles. The maximum absolute atomic E-state index is 11.6. The first-order valence-electron chi connectivity index (χ1n) is 6.06. The largest absolute Gasteiger partial charge is 0.370 e. The summed E-state index contributed by atoms with van der Waals surface area (Å²) >= 11 is 0. The molecule has 1 saturated heterocycles. The van der Waals surface area contributed by atoms with Crippen LogP contribution in [0.15, 0.2) is 29.2 Å². The van der Waals surface area contributed by atoms with Crippen LogP contribution in [0.5, 0.6) is 0 Å². The van der Waals surface area contributed by atoms with Crippen molar-refractivity contribution >= 4 is 15.7 Å². The number of benzene rings is 1. The number of nitrogens with one attached hydrogen (secondary N) is 1. The fourth-order valence-electron chi connectivity index (χ4n) is 2.37. The summed E-state index contributed by atoms with van der Waals surface area (Å²) in [4.78, 5) is 2.31. The molecular weight excluding hydrogens is 250 g/mol. The second-order valence-corrected chi connectivity index (χ2v) is 6.09. The molecule has 1 aromatic rings. The van der Waals surface area contributed by atoms with Gasteiger partial charge in [0.2, 0.25) is 10.0 Å². The third-order valence-electron chi connectivity index (χ3n) is 3.42. The van der Waals surface area contributed by atoms with Gasteiger partial charge in [0.05, 0.1) is 5.69 Å². The van der Waals surface area contributed by atoms with Gasteiger partial charge in [-0.05, 0) is 32.0 Å². The molecular formula is C12H19N3O2S. The Kier molecular flexibility index (Phi) is 3.89. The lowest BCUT2D eigenvalue weighted by molar-refractivity contribution is 0.441. The van der Waals surface area contributed by atoms with Gasteiger partial charge < -0.3 is 10.2 Å². The Hall–Kier alpha value is -1.11. The summed E-state index contributed by atoms with van der Waals surface area (Å²) in [5.74, 6) is 0. The number of rotatable bonds is 3. The SMILES string of the molecule is CNC1CCN(c2ccccc2S(N)(=O)=O)CC1. The Balaban J connectivity index is 2.25. The molecule has 0 amide bonds. The van der Waals surface area contributed by atoms with Gasteiger partial charge in [-0.15, -0.1) is 0 Å². The maximum atomic E-state index is 11.6. The summed E-state index contributed by atoms with van der Waals surface area (Å²) in [5.41, 5.74) is 0.717. The second-order valence-electron chi connectivity index (χ2n) is 4.56. The van der Waals surface area contributed by atoms with Gasteiger partial charge in [-0.3, -0.25) is 0 Å². The molecule has 0 saturated carbocycles. The molecule has 0 aromatic heterocycles. The zero-order chi connectivity index (χ0) is 13.2. The van der Waals surface area contributed by atoms with Crippen molar-refractivity contribution in [2.24, 2.45) is 5.14 Å². The van der Waals surface area contributed by atoms with E-state index in [0.717, 1.165) is 31.6 Å². The molecule has 0 atom stereocenters. The Bertz CT molecular complexity index is 508. The second kappa shape index (κ2) is 5.26. The highest BCUT2D eigenvalue weighted by atomic mass is 32.2. The lowest BCUT2D eigenvalue weighted by Crippen LogP contribution is -2.41. The van der Waals surface area contributed by atoms with E-state index < -0.39 is 10.0 Å². The number of sulfonamides is 1. The van der Waals surface area contributed by atoms with Gasteiger partial charge in [0.25, 0.3) is 0 Å². The van der Waals surface area contributed by atoms with Crippen LogP contribution in [0, 0.1) is 0 Å². The molecule has 1 heterocycles. The average molecular weight is 269 g/mol. The lowest BCUT2D eigenvalue weighted by atomic mass is 10.0. The Morgan fingerprint density at radius 2 is 1.89 bits per heavy atom. The first kappa shape index (κ1) is 13.3. The van der Waals surface area contributed by atoms with Gasteiger partial charge in [-0.1, -0.05) is 12.1 Å². The van der Waals surface area contributed by atoms with Crippen LogP contribution in [-0.2, 0) is 10.0 Å². The fraction of sp³-hybridized carbons (Fsp3) is 0.500. The minimum absolute atomic E-state index is 0.216. The predicted molar refractivity (Wildman–Crippen MR) is 72.1 cm³/mol. The molecule has 18 heavy (non-hydrogen) atoms. The molecule has 100 valence electrons. The topological polar surface area (TPSA) is 75.4 Å². The van der Waals surface area contributed by atoms with E-state index in [9.17, 15) is 8.42 Å². The third kappa shape index (κ3) is 2.82. The van der Waals surface area contributed by atoms with E-state index in [1.807, 2.05) is 19.2 Å². The normalized spacial score (nSPS) is 18.0. The van der Waals surface area contributed by atoms with E-state index in [-0.39, 0.29) is 4.90 Å². The van der Waals surface area contributed by atoms with Crippen molar-refractivity contribution in [1.82, 2.24) is 5.32 Å². The quantitative estimate of drug-likeness (QED) is 0.839. The van der Waals surface area contributed by atoms with Crippen LogP contribution in [0.25, 0.3) is 0 Å². The minimum Gasteiger partial charge on any atom is -0.370 e. The number of nitrogens with zero attached hydrogens (tertiary/aromatic N) is 1. The zero-order valence-corrected chi connectivity index (χ0v) is 11.3. The Morgan fingerprint density at radius 1 is 1.28 bits per heavy atom. The standard InChI is InChI=1S/C12H19N3O2S/c1-14-10-6-8-15(9-7-10)11-4-2-3-5-12(11)18(13,16)17/h2-5,10,14H,6-9H2,1H3,(H2,13,16,17). The van der Waals surface area contributed by atoms with Crippen molar-refractivity contribution in [1.29, 1.82) is 0 Å². The average Bonchev–Trinajstić information content (AvgIpc) is 2.38. The van der Waals surface area contributed by atoms with Crippen LogP contribution in [-0.4, -0.2) is 34.6 Å². The number of hydrogen-bond acceptors (Lipinski definition) is 4. The molecule has 5 nitrogen and oxygen atoms in total. The first-order valence-corrected chi connectivity index (χ1v) is 7.61. The Labute approximate surface area is 108 Å². The van der Waals surface area contributed by atoms with Crippen molar-refractivity contribution < 1.29 is 8.42 Å². The van der Waals surface area contributed by atoms with Crippen molar-refractivity contribution in [2.75, 3.05) is 25.0 Å². The lowest BCUT2D eigenvalue weighted by Gasteiger charge is -2.34. The molecule has 1 aliphatic rings. The third-order valence-corrected chi connectivity index (χ3v) is 4.37. The molecule has 0 unspecified atom stereocenters. The van der Waals surface area contributed by atoms with Crippen LogP contribution >= 0.6 is 0 Å². The van der Waals surface area contributed by atoms with E-state index in [0.29, 0.717) is 6.04 Å². The summed E-state index contributed by atoms with van der Waals surface area (Å²) < 4.78 is 23.1. The maximum Gasteiger partial charge on any atom is 0.240 e. The van der Waals surface area contributed by atoms with E-state index in [2.05, 4.69) is 10.2 Å². The highest BCUT2D eigenvalue weighted by molar-refractivity contribution is 7.89. The first-order chi connectivity index (χ1) is 8.52. The predicted octanol–water partition coefficient (Wildman–Crippen LogP) is 0.522. The monoisotopic (exact) mass is 269 g/mol. The number of anilines is 1. The van der Waals surface area contributed by atoms with Crippen molar-refractivity contribution in [2.45, 2.75) is 23.8 Å². The zero-order valence-electron chi connectivity index (χ0n) is 10.5. The molecule has 2 rings (SSSR count). The van der Waals surface area contributed by atoms with Gasteiger partial charge in [0.1, 0.15) is 4.90 Å². The van der Waals surface area contributed by atoms with E-state index in [1.54, 1.807) is 12.1 Å². The van der Waals surface area contributed by atoms with Crippen LogP contribution in [0.3, 0.4) is 0 Å². The van der Waals surface area contributed by atoms with E-state index in [4.69, 9.17) is 5.14 Å². The summed E-state index contributed by atoms with van der Waals surface area (Å²) in [7, 11) is -1.70. The van der Waals surface area contributed by atoms with Gasteiger partial charge in [0, 0.05) is 19.1 Å². The molecule has 3 N–H and O–H groups in total. The van der Waals surface area contributed by atoms with E-state index >= 15 is 0 Å². The van der Waals surface area contributed by atoms with Gasteiger partial charge in [-0.2, -0.15) is 0 Å². The highest BCUT2D eigenvalue weighted by Crippen LogP contribution is 2.26. The molecule has 6 heteroatoms. The molecule has 1 aliphatic heterocycles. The summed E-state index contributed by atoms with van der Waals surface area (Å²) in [6.07, 6.45) is 2.02. The van der Waals surface area contributed by atoms with Crippen molar-refractivity contribution in [3.8, 4) is 0 Å². The van der Waals surface area contributed by atoms with Gasteiger partial charge >= 0.3 is 0 Å². The van der Waals surface area contributed by atoms with Crippen molar-refractivity contribution in [3.05, 3.63) is 24.3 Å². The number of primary sulfonamides is 1. The number of hydrogen-bond donors (Lipinski definition) is 2. The molecule has 0 radical (unpaired) electrons. The van der Waals surface area contributed by atoms with Crippen LogP contribution in [0.4, 0.5) is 5.69 Å².